The standard InChI is InChI=1S/C33H35NO4/c1-5-36-30-20-15-25(21-26(30)23-38-31-14-10-9-13-29(31)33(2,3)4)32(35)34-27-16-18-28(19-17-27)37-22-24-11-7-6-8-12-24/h6-21H,5,22-23H2,1-4H3,(H,34,35). The van der Waals surface area contributed by atoms with Crippen molar-refractivity contribution in [2.45, 2.75) is 46.3 Å². The molecule has 4 aromatic rings. The SMILES string of the molecule is CCOc1ccc(C(=O)Nc2ccc(OCc3ccccc3)cc2)cc1COc1ccccc1C(C)(C)C. The second-order valence-electron chi connectivity index (χ2n) is 10.0. The van der Waals surface area contributed by atoms with E-state index < -0.39 is 0 Å². The second kappa shape index (κ2) is 12.3. The maximum absolute atomic E-state index is 13.1. The molecule has 0 atom stereocenters. The Balaban J connectivity index is 1.43. The van der Waals surface area contributed by atoms with E-state index in [-0.39, 0.29) is 17.9 Å². The summed E-state index contributed by atoms with van der Waals surface area (Å²) in [5.41, 5.74) is 4.20. The van der Waals surface area contributed by atoms with Crippen LogP contribution < -0.4 is 19.5 Å². The van der Waals surface area contributed by atoms with Crippen molar-refractivity contribution in [1.29, 1.82) is 0 Å². The number of anilines is 1. The number of amides is 1. The van der Waals surface area contributed by atoms with Crippen LogP contribution in [0.15, 0.2) is 97.1 Å². The predicted octanol–water partition coefficient (Wildman–Crippen LogP) is 7.79. The van der Waals surface area contributed by atoms with Gasteiger partial charge in [-0.1, -0.05) is 69.3 Å². The van der Waals surface area contributed by atoms with E-state index >= 15 is 0 Å². The molecule has 1 amide bonds. The highest BCUT2D eigenvalue weighted by atomic mass is 16.5. The molecular formula is C33H35NO4. The highest BCUT2D eigenvalue weighted by Gasteiger charge is 2.19. The molecule has 4 aromatic carbocycles. The third-order valence-electron chi connectivity index (χ3n) is 6.06. The Bertz CT molecular complexity index is 1340. The molecule has 0 fully saturated rings. The smallest absolute Gasteiger partial charge is 0.255 e. The van der Waals surface area contributed by atoms with Crippen molar-refractivity contribution in [2.75, 3.05) is 11.9 Å². The van der Waals surface area contributed by atoms with Gasteiger partial charge in [-0.2, -0.15) is 0 Å². The lowest BCUT2D eigenvalue weighted by atomic mass is 9.86. The number of benzene rings is 4. The molecule has 0 aliphatic heterocycles. The topological polar surface area (TPSA) is 56.8 Å². The Morgan fingerprint density at radius 1 is 0.737 bits per heavy atom. The van der Waals surface area contributed by atoms with Gasteiger partial charge in [-0.15, -0.1) is 0 Å². The molecule has 0 bridgehead atoms. The zero-order valence-electron chi connectivity index (χ0n) is 22.5. The third kappa shape index (κ3) is 7.16. The lowest BCUT2D eigenvalue weighted by molar-refractivity contribution is 0.102. The second-order valence-corrected chi connectivity index (χ2v) is 10.0. The maximum Gasteiger partial charge on any atom is 0.255 e. The van der Waals surface area contributed by atoms with Crippen LogP contribution in [0.4, 0.5) is 5.69 Å². The van der Waals surface area contributed by atoms with E-state index in [0.717, 1.165) is 28.2 Å². The number of para-hydroxylation sites is 1. The maximum atomic E-state index is 13.1. The molecule has 38 heavy (non-hydrogen) atoms. The summed E-state index contributed by atoms with van der Waals surface area (Å²) in [6.07, 6.45) is 0. The van der Waals surface area contributed by atoms with Crippen LogP contribution in [-0.4, -0.2) is 12.5 Å². The van der Waals surface area contributed by atoms with Gasteiger partial charge in [-0.05, 0) is 72.0 Å². The molecule has 1 N–H and O–H groups in total. The van der Waals surface area contributed by atoms with Gasteiger partial charge in [-0.3, -0.25) is 4.79 Å². The lowest BCUT2D eigenvalue weighted by Crippen LogP contribution is -2.14. The number of hydrogen-bond donors (Lipinski definition) is 1. The first-order chi connectivity index (χ1) is 18.3. The molecule has 5 heteroatoms. The Hall–Kier alpha value is -4.25. The van der Waals surface area contributed by atoms with Crippen molar-refractivity contribution in [3.63, 3.8) is 0 Å². The highest BCUT2D eigenvalue weighted by Crippen LogP contribution is 2.32. The number of hydrogen-bond acceptors (Lipinski definition) is 4. The number of carbonyl (C=O) groups excluding carboxylic acids is 1. The zero-order chi connectivity index (χ0) is 27.0. The third-order valence-corrected chi connectivity index (χ3v) is 6.06. The van der Waals surface area contributed by atoms with Crippen LogP contribution in [0.1, 0.15) is 54.7 Å². The Labute approximate surface area is 225 Å². The number of rotatable bonds is 10. The van der Waals surface area contributed by atoms with E-state index in [1.54, 1.807) is 6.07 Å². The van der Waals surface area contributed by atoms with E-state index in [4.69, 9.17) is 14.2 Å². The van der Waals surface area contributed by atoms with Gasteiger partial charge in [0, 0.05) is 16.8 Å². The van der Waals surface area contributed by atoms with Gasteiger partial charge < -0.3 is 19.5 Å². The minimum atomic E-state index is -0.206. The molecule has 196 valence electrons. The minimum Gasteiger partial charge on any atom is -0.493 e. The lowest BCUT2D eigenvalue weighted by Gasteiger charge is -2.23. The highest BCUT2D eigenvalue weighted by molar-refractivity contribution is 6.04. The predicted molar refractivity (Wildman–Crippen MR) is 152 cm³/mol. The van der Waals surface area contributed by atoms with E-state index in [0.29, 0.717) is 30.2 Å². The van der Waals surface area contributed by atoms with Crippen LogP contribution in [0.25, 0.3) is 0 Å². The van der Waals surface area contributed by atoms with E-state index in [2.05, 4.69) is 32.2 Å². The normalized spacial score (nSPS) is 11.1. The molecule has 0 aliphatic carbocycles. The first-order valence-corrected chi connectivity index (χ1v) is 12.9. The van der Waals surface area contributed by atoms with Gasteiger partial charge in [-0.25, -0.2) is 0 Å². The van der Waals surface area contributed by atoms with Crippen molar-refractivity contribution in [2.24, 2.45) is 0 Å². The average Bonchev–Trinajstić information content (AvgIpc) is 2.92. The summed E-state index contributed by atoms with van der Waals surface area (Å²) in [5.74, 6) is 2.06. The summed E-state index contributed by atoms with van der Waals surface area (Å²) in [4.78, 5) is 13.1. The quantitative estimate of drug-likeness (QED) is 0.237. The number of nitrogens with one attached hydrogen (secondary N) is 1. The summed E-state index contributed by atoms with van der Waals surface area (Å²) in [5, 5.41) is 2.96. The number of ether oxygens (including phenoxy) is 3. The molecule has 0 unspecified atom stereocenters. The summed E-state index contributed by atoms with van der Waals surface area (Å²) in [6, 6.07) is 30.8. The largest absolute Gasteiger partial charge is 0.493 e. The summed E-state index contributed by atoms with van der Waals surface area (Å²) in [6.45, 7) is 9.72. The molecule has 5 nitrogen and oxygen atoms in total. The molecule has 4 rings (SSSR count). The molecule has 0 radical (unpaired) electrons. The van der Waals surface area contributed by atoms with Gasteiger partial charge in [0.25, 0.3) is 5.91 Å². The van der Waals surface area contributed by atoms with Crippen molar-refractivity contribution >= 4 is 11.6 Å². The van der Waals surface area contributed by atoms with Crippen LogP contribution in [0.5, 0.6) is 17.2 Å². The fourth-order valence-electron chi connectivity index (χ4n) is 4.08. The summed E-state index contributed by atoms with van der Waals surface area (Å²) in [7, 11) is 0. The fraction of sp³-hybridized carbons (Fsp3) is 0.242. The molecule has 0 saturated carbocycles. The van der Waals surface area contributed by atoms with Gasteiger partial charge >= 0.3 is 0 Å². The van der Waals surface area contributed by atoms with Gasteiger partial charge in [0.1, 0.15) is 30.5 Å². The Morgan fingerprint density at radius 3 is 2.16 bits per heavy atom. The fourth-order valence-corrected chi connectivity index (χ4v) is 4.08. The van der Waals surface area contributed by atoms with Crippen molar-refractivity contribution in [3.05, 3.63) is 119 Å². The molecule has 0 saturated heterocycles. The summed E-state index contributed by atoms with van der Waals surface area (Å²) >= 11 is 0. The van der Waals surface area contributed by atoms with Gasteiger partial charge in [0.05, 0.1) is 6.61 Å². The van der Waals surface area contributed by atoms with E-state index in [1.165, 1.54) is 0 Å². The first-order valence-electron chi connectivity index (χ1n) is 12.9. The average molecular weight is 510 g/mol. The van der Waals surface area contributed by atoms with Crippen molar-refractivity contribution in [1.82, 2.24) is 0 Å². The monoisotopic (exact) mass is 509 g/mol. The number of carbonyl (C=O) groups is 1. The summed E-state index contributed by atoms with van der Waals surface area (Å²) < 4.78 is 17.9. The first kappa shape index (κ1) is 26.8. The van der Waals surface area contributed by atoms with Crippen LogP contribution in [0.3, 0.4) is 0 Å². The van der Waals surface area contributed by atoms with Crippen molar-refractivity contribution < 1.29 is 19.0 Å². The molecule has 0 heterocycles. The zero-order valence-corrected chi connectivity index (χ0v) is 22.5. The molecule has 0 aromatic heterocycles. The van der Waals surface area contributed by atoms with Crippen LogP contribution in [0.2, 0.25) is 0 Å². The Kier molecular flexibility index (Phi) is 8.70. The van der Waals surface area contributed by atoms with Crippen molar-refractivity contribution in [3.8, 4) is 17.2 Å². The van der Waals surface area contributed by atoms with Gasteiger partial charge in [0.15, 0.2) is 0 Å². The van der Waals surface area contributed by atoms with E-state index in [1.807, 2.05) is 91.9 Å². The minimum absolute atomic E-state index is 0.0524. The van der Waals surface area contributed by atoms with Gasteiger partial charge in [0.2, 0.25) is 0 Å². The molecule has 0 aliphatic rings. The van der Waals surface area contributed by atoms with E-state index in [9.17, 15) is 4.79 Å². The Morgan fingerprint density at radius 2 is 1.45 bits per heavy atom. The van der Waals surface area contributed by atoms with Crippen LogP contribution >= 0.6 is 0 Å². The van der Waals surface area contributed by atoms with Crippen LogP contribution in [0, 0.1) is 0 Å². The van der Waals surface area contributed by atoms with Crippen LogP contribution in [-0.2, 0) is 18.6 Å². The molecule has 0 spiro atoms. The molecular weight excluding hydrogens is 474 g/mol.